The number of amidine groups is 1. The van der Waals surface area contributed by atoms with Gasteiger partial charge in [0, 0.05) is 24.2 Å². The van der Waals surface area contributed by atoms with Gasteiger partial charge in [-0.15, -0.1) is 0 Å². The summed E-state index contributed by atoms with van der Waals surface area (Å²) in [5.74, 6) is 1.26. The van der Waals surface area contributed by atoms with E-state index in [-0.39, 0.29) is 12.2 Å². The van der Waals surface area contributed by atoms with E-state index in [0.717, 1.165) is 13.0 Å². The summed E-state index contributed by atoms with van der Waals surface area (Å²) in [7, 11) is 0. The van der Waals surface area contributed by atoms with Crippen LogP contribution in [0.3, 0.4) is 0 Å². The Morgan fingerprint density at radius 3 is 3.18 bits per heavy atom. The van der Waals surface area contributed by atoms with E-state index in [0.29, 0.717) is 6.04 Å². The number of anilines is 1. The summed E-state index contributed by atoms with van der Waals surface area (Å²) in [6.45, 7) is 1.13. The van der Waals surface area contributed by atoms with E-state index in [2.05, 4.69) is 34.5 Å². The van der Waals surface area contributed by atoms with Gasteiger partial charge in [0.25, 0.3) is 0 Å². The maximum absolute atomic E-state index is 6.19. The highest BCUT2D eigenvalue weighted by Crippen LogP contribution is 2.43. The number of fused-ring (bicyclic) bond motifs is 5. The van der Waals surface area contributed by atoms with Crippen LogP contribution in [0.25, 0.3) is 0 Å². The number of hydrogen-bond acceptors (Lipinski definition) is 4. The van der Waals surface area contributed by atoms with Gasteiger partial charge in [-0.25, -0.2) is 0 Å². The van der Waals surface area contributed by atoms with Gasteiger partial charge >= 0.3 is 0 Å². The third kappa shape index (κ3) is 1.19. The molecule has 3 heterocycles. The highest BCUT2D eigenvalue weighted by molar-refractivity contribution is 5.87. The average Bonchev–Trinajstić information content (AvgIpc) is 2.89. The summed E-state index contributed by atoms with van der Waals surface area (Å²) in [5.41, 5.74) is 8.71. The predicted octanol–water partition coefficient (Wildman–Crippen LogP) is 1.31. The van der Waals surface area contributed by atoms with Crippen LogP contribution in [0.2, 0.25) is 0 Å². The maximum Gasteiger partial charge on any atom is 0.110 e. The molecule has 1 fully saturated rings. The SMILES string of the molecule is NC1Nc2ccccc2C2C1N=C1CCCN12. The first-order valence-corrected chi connectivity index (χ1v) is 6.29. The topological polar surface area (TPSA) is 53.6 Å². The lowest BCUT2D eigenvalue weighted by Gasteiger charge is -2.37. The summed E-state index contributed by atoms with van der Waals surface area (Å²) in [6.07, 6.45) is 2.28. The third-order valence-corrected chi connectivity index (χ3v) is 4.06. The zero-order chi connectivity index (χ0) is 11.4. The normalized spacial score (nSPS) is 33.6. The minimum Gasteiger partial charge on any atom is -0.368 e. The molecule has 88 valence electrons. The molecule has 3 unspecified atom stereocenters. The van der Waals surface area contributed by atoms with Crippen LogP contribution in [0.5, 0.6) is 0 Å². The molecule has 0 amide bonds. The molecule has 0 bridgehead atoms. The number of nitrogens with zero attached hydrogens (tertiary/aromatic N) is 2. The largest absolute Gasteiger partial charge is 0.368 e. The Balaban J connectivity index is 1.85. The fourth-order valence-corrected chi connectivity index (χ4v) is 3.33. The molecule has 1 saturated heterocycles. The summed E-state index contributed by atoms with van der Waals surface area (Å²) in [6, 6.07) is 9.00. The Labute approximate surface area is 101 Å². The van der Waals surface area contributed by atoms with Crippen molar-refractivity contribution in [2.45, 2.75) is 31.1 Å². The van der Waals surface area contributed by atoms with Gasteiger partial charge in [0.05, 0.1) is 12.2 Å². The van der Waals surface area contributed by atoms with Crippen LogP contribution >= 0.6 is 0 Å². The monoisotopic (exact) mass is 228 g/mol. The first-order chi connectivity index (χ1) is 8.34. The molecule has 3 N–H and O–H groups in total. The summed E-state index contributed by atoms with van der Waals surface area (Å²) in [5, 5.41) is 3.36. The van der Waals surface area contributed by atoms with Crippen LogP contribution in [0.1, 0.15) is 24.4 Å². The highest BCUT2D eigenvalue weighted by atomic mass is 15.3. The van der Waals surface area contributed by atoms with Crippen LogP contribution < -0.4 is 11.1 Å². The van der Waals surface area contributed by atoms with Crippen LogP contribution in [0.4, 0.5) is 5.69 Å². The molecule has 3 atom stereocenters. The van der Waals surface area contributed by atoms with Crippen molar-refractivity contribution in [3.63, 3.8) is 0 Å². The van der Waals surface area contributed by atoms with E-state index >= 15 is 0 Å². The van der Waals surface area contributed by atoms with E-state index in [1.54, 1.807) is 0 Å². The molecular formula is C13H16N4. The number of nitrogens with two attached hydrogens (primary N) is 1. The molecule has 3 aliphatic rings. The number of benzene rings is 1. The fraction of sp³-hybridized carbons (Fsp3) is 0.462. The lowest BCUT2D eigenvalue weighted by molar-refractivity contribution is 0.302. The molecule has 3 aliphatic heterocycles. The molecule has 1 aromatic rings. The second-order valence-corrected chi connectivity index (χ2v) is 5.04. The molecule has 4 rings (SSSR count). The van der Waals surface area contributed by atoms with Crippen molar-refractivity contribution >= 4 is 11.5 Å². The Morgan fingerprint density at radius 2 is 2.24 bits per heavy atom. The smallest absolute Gasteiger partial charge is 0.110 e. The standard InChI is InChI=1S/C13H16N4/c14-13-11-12(17-7-3-6-10(17)16-11)8-4-1-2-5-9(8)15-13/h1-2,4-5,11-13,15H,3,6-7,14H2. The number of aliphatic imine (C=N–C) groups is 1. The van der Waals surface area contributed by atoms with Crippen molar-refractivity contribution in [2.75, 3.05) is 11.9 Å². The molecule has 4 heteroatoms. The number of para-hydroxylation sites is 1. The molecule has 1 aromatic carbocycles. The molecule has 17 heavy (non-hydrogen) atoms. The number of nitrogens with one attached hydrogen (secondary N) is 1. The van der Waals surface area contributed by atoms with Crippen molar-refractivity contribution in [1.29, 1.82) is 0 Å². The minimum absolute atomic E-state index is 0.0620. The summed E-state index contributed by atoms with van der Waals surface area (Å²) < 4.78 is 0. The quantitative estimate of drug-likeness (QED) is 0.704. The van der Waals surface area contributed by atoms with Crippen molar-refractivity contribution in [3.8, 4) is 0 Å². The van der Waals surface area contributed by atoms with Crippen LogP contribution in [-0.4, -0.2) is 29.5 Å². The van der Waals surface area contributed by atoms with Crippen molar-refractivity contribution in [3.05, 3.63) is 29.8 Å². The number of hydrogen-bond donors (Lipinski definition) is 2. The Hall–Kier alpha value is -1.55. The van der Waals surface area contributed by atoms with Crippen molar-refractivity contribution in [1.82, 2.24) is 4.90 Å². The maximum atomic E-state index is 6.19. The van der Waals surface area contributed by atoms with E-state index in [1.807, 2.05) is 0 Å². The van der Waals surface area contributed by atoms with Crippen LogP contribution in [-0.2, 0) is 0 Å². The zero-order valence-electron chi connectivity index (χ0n) is 9.63. The molecule has 0 saturated carbocycles. The predicted molar refractivity (Wildman–Crippen MR) is 67.9 cm³/mol. The first kappa shape index (κ1) is 9.48. The molecular weight excluding hydrogens is 212 g/mol. The van der Waals surface area contributed by atoms with Gasteiger partial charge in [-0.3, -0.25) is 4.99 Å². The van der Waals surface area contributed by atoms with Gasteiger partial charge < -0.3 is 16.0 Å². The van der Waals surface area contributed by atoms with E-state index in [4.69, 9.17) is 10.7 Å². The second kappa shape index (κ2) is 3.23. The zero-order valence-corrected chi connectivity index (χ0v) is 9.63. The second-order valence-electron chi connectivity index (χ2n) is 5.04. The first-order valence-electron chi connectivity index (χ1n) is 6.29. The molecule has 4 nitrogen and oxygen atoms in total. The minimum atomic E-state index is -0.0620. The van der Waals surface area contributed by atoms with Gasteiger partial charge in [-0.2, -0.15) is 0 Å². The van der Waals surface area contributed by atoms with Gasteiger partial charge in [-0.1, -0.05) is 18.2 Å². The third-order valence-electron chi connectivity index (χ3n) is 4.06. The lowest BCUT2D eigenvalue weighted by Crippen LogP contribution is -2.48. The van der Waals surface area contributed by atoms with Crippen LogP contribution in [0, 0.1) is 0 Å². The van der Waals surface area contributed by atoms with Gasteiger partial charge in [-0.05, 0) is 12.5 Å². The van der Waals surface area contributed by atoms with Crippen LogP contribution in [0.15, 0.2) is 29.3 Å². The Morgan fingerprint density at radius 1 is 1.35 bits per heavy atom. The van der Waals surface area contributed by atoms with Crippen molar-refractivity contribution in [2.24, 2.45) is 10.7 Å². The van der Waals surface area contributed by atoms with E-state index in [1.165, 1.54) is 23.5 Å². The van der Waals surface area contributed by atoms with Crippen molar-refractivity contribution < 1.29 is 0 Å². The summed E-state index contributed by atoms with van der Waals surface area (Å²) >= 11 is 0. The van der Waals surface area contributed by atoms with Gasteiger partial charge in [0.15, 0.2) is 0 Å². The molecule has 0 aliphatic carbocycles. The fourth-order valence-electron chi connectivity index (χ4n) is 3.33. The van der Waals surface area contributed by atoms with E-state index < -0.39 is 0 Å². The Kier molecular flexibility index (Phi) is 1.80. The molecule has 0 radical (unpaired) electrons. The Bertz CT molecular complexity index is 496. The number of rotatable bonds is 0. The van der Waals surface area contributed by atoms with Gasteiger partial charge in [0.2, 0.25) is 0 Å². The van der Waals surface area contributed by atoms with E-state index in [9.17, 15) is 0 Å². The molecule has 0 aromatic heterocycles. The lowest BCUT2D eigenvalue weighted by atomic mass is 9.92. The average molecular weight is 228 g/mol. The summed E-state index contributed by atoms with van der Waals surface area (Å²) in [4.78, 5) is 7.26. The highest BCUT2D eigenvalue weighted by Gasteiger charge is 2.45. The van der Waals surface area contributed by atoms with Gasteiger partial charge in [0.1, 0.15) is 11.9 Å². The molecule has 0 spiro atoms.